The highest BCUT2D eigenvalue weighted by Crippen LogP contribution is 2.14. The maximum absolute atomic E-state index is 12.3. The first kappa shape index (κ1) is 13.8. The van der Waals surface area contributed by atoms with Gasteiger partial charge in [-0.25, -0.2) is 0 Å². The van der Waals surface area contributed by atoms with E-state index in [1.807, 2.05) is 35.2 Å². The van der Waals surface area contributed by atoms with Gasteiger partial charge in [0.2, 0.25) is 5.89 Å². The van der Waals surface area contributed by atoms with Gasteiger partial charge >= 0.3 is 11.8 Å². The monoisotopic (exact) mass is 285 g/mol. The van der Waals surface area contributed by atoms with Crippen LogP contribution in [0.3, 0.4) is 0 Å². The van der Waals surface area contributed by atoms with Crippen LogP contribution in [-0.2, 0) is 6.42 Å². The Kier molecular flexibility index (Phi) is 4.28. The molecule has 2 aromatic rings. The molecule has 1 saturated heterocycles. The first-order chi connectivity index (χ1) is 10.3. The number of likely N-dealkylation sites (tertiary alicyclic amines) is 1. The molecule has 0 bridgehead atoms. The Labute approximate surface area is 124 Å². The summed E-state index contributed by atoms with van der Waals surface area (Å²) in [6.07, 6.45) is 5.04. The van der Waals surface area contributed by atoms with Crippen molar-refractivity contribution in [3.63, 3.8) is 0 Å². The second kappa shape index (κ2) is 6.52. The average Bonchev–Trinajstić information content (AvgIpc) is 2.81. The van der Waals surface area contributed by atoms with Crippen LogP contribution in [0.5, 0.6) is 0 Å². The third-order valence-electron chi connectivity index (χ3n) is 3.74. The summed E-state index contributed by atoms with van der Waals surface area (Å²) in [7, 11) is 0. The largest absolute Gasteiger partial charge is 0.417 e. The van der Waals surface area contributed by atoms with Crippen LogP contribution >= 0.6 is 0 Å². The number of aromatic nitrogens is 2. The van der Waals surface area contributed by atoms with Crippen molar-refractivity contribution >= 4 is 5.91 Å². The lowest BCUT2D eigenvalue weighted by molar-refractivity contribution is 0.0719. The van der Waals surface area contributed by atoms with Gasteiger partial charge in [-0.2, -0.15) is 0 Å². The van der Waals surface area contributed by atoms with Gasteiger partial charge in [-0.15, -0.1) is 10.2 Å². The predicted octanol–water partition coefficient (Wildman–Crippen LogP) is 2.68. The fraction of sp³-hybridized carbons (Fsp3) is 0.438. The molecule has 1 aliphatic heterocycles. The van der Waals surface area contributed by atoms with Crippen LogP contribution in [0.25, 0.3) is 0 Å². The number of nitrogens with zero attached hydrogens (tertiary/aromatic N) is 3. The second-order valence-electron chi connectivity index (χ2n) is 5.37. The third kappa shape index (κ3) is 3.48. The van der Waals surface area contributed by atoms with E-state index < -0.39 is 0 Å². The highest BCUT2D eigenvalue weighted by atomic mass is 16.4. The lowest BCUT2D eigenvalue weighted by Crippen LogP contribution is -2.32. The lowest BCUT2D eigenvalue weighted by Gasteiger charge is -2.17. The highest BCUT2D eigenvalue weighted by molar-refractivity contribution is 5.89. The topological polar surface area (TPSA) is 59.2 Å². The summed E-state index contributed by atoms with van der Waals surface area (Å²) in [6.45, 7) is 1.57. The van der Waals surface area contributed by atoms with Crippen LogP contribution < -0.4 is 0 Å². The number of benzene rings is 1. The fourth-order valence-corrected chi connectivity index (χ4v) is 2.59. The summed E-state index contributed by atoms with van der Waals surface area (Å²) < 4.78 is 5.53. The summed E-state index contributed by atoms with van der Waals surface area (Å²) in [6, 6.07) is 9.90. The van der Waals surface area contributed by atoms with E-state index in [2.05, 4.69) is 10.2 Å². The maximum Gasteiger partial charge on any atom is 0.311 e. The Morgan fingerprint density at radius 1 is 1.05 bits per heavy atom. The summed E-state index contributed by atoms with van der Waals surface area (Å²) in [5, 5.41) is 7.90. The van der Waals surface area contributed by atoms with Crippen molar-refractivity contribution in [1.29, 1.82) is 0 Å². The number of rotatable bonds is 3. The van der Waals surface area contributed by atoms with E-state index in [0.29, 0.717) is 12.3 Å². The number of carbonyl (C=O) groups excluding carboxylic acids is 1. The molecule has 0 atom stereocenters. The molecule has 0 aliphatic carbocycles. The van der Waals surface area contributed by atoms with Crippen LogP contribution in [0, 0.1) is 0 Å². The van der Waals surface area contributed by atoms with Gasteiger partial charge in [-0.1, -0.05) is 43.2 Å². The van der Waals surface area contributed by atoms with Gasteiger partial charge in [-0.3, -0.25) is 4.79 Å². The summed E-state index contributed by atoms with van der Waals surface area (Å²) in [5.74, 6) is 0.464. The first-order valence-corrected chi connectivity index (χ1v) is 7.48. The molecule has 0 radical (unpaired) electrons. The molecular weight excluding hydrogens is 266 g/mol. The van der Waals surface area contributed by atoms with Crippen molar-refractivity contribution in [2.45, 2.75) is 32.1 Å². The minimum atomic E-state index is -0.135. The SMILES string of the molecule is O=C(c1nnc(Cc2ccccc2)o1)N1CCCCCC1. The number of carbonyl (C=O) groups is 1. The van der Waals surface area contributed by atoms with Crippen LogP contribution in [0.1, 0.15) is 47.8 Å². The molecule has 5 heteroatoms. The van der Waals surface area contributed by atoms with Gasteiger partial charge in [0.05, 0.1) is 6.42 Å². The zero-order valence-electron chi connectivity index (χ0n) is 12.0. The molecule has 2 heterocycles. The van der Waals surface area contributed by atoms with Gasteiger partial charge in [-0.05, 0) is 18.4 Å². The number of hydrogen-bond acceptors (Lipinski definition) is 4. The van der Waals surface area contributed by atoms with E-state index in [4.69, 9.17) is 4.42 Å². The highest BCUT2D eigenvalue weighted by Gasteiger charge is 2.22. The molecule has 1 amide bonds. The van der Waals surface area contributed by atoms with E-state index in [1.54, 1.807) is 0 Å². The van der Waals surface area contributed by atoms with Crippen LogP contribution in [0.2, 0.25) is 0 Å². The van der Waals surface area contributed by atoms with Gasteiger partial charge in [0.1, 0.15) is 0 Å². The molecule has 5 nitrogen and oxygen atoms in total. The van der Waals surface area contributed by atoms with E-state index in [0.717, 1.165) is 31.5 Å². The number of hydrogen-bond donors (Lipinski definition) is 0. The first-order valence-electron chi connectivity index (χ1n) is 7.48. The molecule has 1 fully saturated rings. The van der Waals surface area contributed by atoms with Gasteiger partial charge in [0.25, 0.3) is 0 Å². The molecule has 3 rings (SSSR count). The fourth-order valence-electron chi connectivity index (χ4n) is 2.59. The minimum absolute atomic E-state index is 0.114. The van der Waals surface area contributed by atoms with E-state index in [-0.39, 0.29) is 11.8 Å². The van der Waals surface area contributed by atoms with Crippen molar-refractivity contribution < 1.29 is 9.21 Å². The van der Waals surface area contributed by atoms with Crippen molar-refractivity contribution in [2.75, 3.05) is 13.1 Å². The Morgan fingerprint density at radius 3 is 2.48 bits per heavy atom. The zero-order chi connectivity index (χ0) is 14.5. The average molecular weight is 285 g/mol. The minimum Gasteiger partial charge on any atom is -0.417 e. The quantitative estimate of drug-likeness (QED) is 0.870. The second-order valence-corrected chi connectivity index (χ2v) is 5.37. The normalized spacial score (nSPS) is 15.7. The third-order valence-corrected chi connectivity index (χ3v) is 3.74. The Bertz CT molecular complexity index is 587. The lowest BCUT2D eigenvalue weighted by atomic mass is 10.2. The Hall–Kier alpha value is -2.17. The van der Waals surface area contributed by atoms with Crippen molar-refractivity contribution in [2.24, 2.45) is 0 Å². The zero-order valence-corrected chi connectivity index (χ0v) is 12.0. The molecule has 1 aromatic carbocycles. The van der Waals surface area contributed by atoms with Crippen molar-refractivity contribution in [1.82, 2.24) is 15.1 Å². The van der Waals surface area contributed by atoms with Crippen LogP contribution in [0.15, 0.2) is 34.7 Å². The van der Waals surface area contributed by atoms with E-state index >= 15 is 0 Å². The molecule has 0 unspecified atom stereocenters. The molecule has 110 valence electrons. The molecule has 0 N–H and O–H groups in total. The van der Waals surface area contributed by atoms with Gasteiger partial charge in [0.15, 0.2) is 0 Å². The van der Waals surface area contributed by atoms with Crippen molar-refractivity contribution in [3.05, 3.63) is 47.7 Å². The molecule has 0 saturated carbocycles. The van der Waals surface area contributed by atoms with Crippen LogP contribution in [-0.4, -0.2) is 34.1 Å². The Morgan fingerprint density at radius 2 is 1.76 bits per heavy atom. The van der Waals surface area contributed by atoms with Gasteiger partial charge in [0, 0.05) is 13.1 Å². The van der Waals surface area contributed by atoms with Gasteiger partial charge < -0.3 is 9.32 Å². The molecule has 0 spiro atoms. The van der Waals surface area contributed by atoms with Crippen LogP contribution in [0.4, 0.5) is 0 Å². The smallest absolute Gasteiger partial charge is 0.311 e. The molecule has 1 aliphatic rings. The number of amides is 1. The van der Waals surface area contributed by atoms with E-state index in [1.165, 1.54) is 12.8 Å². The maximum atomic E-state index is 12.3. The standard InChI is InChI=1S/C16H19N3O2/c20-16(19-10-6-1-2-7-11-19)15-18-17-14(21-15)12-13-8-4-3-5-9-13/h3-5,8-9H,1-2,6-7,10-12H2. The summed E-state index contributed by atoms with van der Waals surface area (Å²) >= 11 is 0. The Balaban J connectivity index is 1.67. The van der Waals surface area contributed by atoms with Crippen molar-refractivity contribution in [3.8, 4) is 0 Å². The summed E-state index contributed by atoms with van der Waals surface area (Å²) in [5.41, 5.74) is 1.09. The predicted molar refractivity (Wildman–Crippen MR) is 77.9 cm³/mol. The molecular formula is C16H19N3O2. The molecule has 1 aromatic heterocycles. The molecule has 21 heavy (non-hydrogen) atoms. The van der Waals surface area contributed by atoms with E-state index in [9.17, 15) is 4.79 Å². The summed E-state index contributed by atoms with van der Waals surface area (Å²) in [4.78, 5) is 14.2.